The van der Waals surface area contributed by atoms with Crippen LogP contribution in [0.2, 0.25) is 0 Å². The van der Waals surface area contributed by atoms with Crippen molar-refractivity contribution in [3.63, 3.8) is 0 Å². The molecule has 0 radical (unpaired) electrons. The maximum absolute atomic E-state index is 4.45. The SMILES string of the molecule is CN1CCN(CCc2ccc(C3=NCC=C3)cc2)CC1. The van der Waals surface area contributed by atoms with E-state index in [9.17, 15) is 0 Å². The van der Waals surface area contributed by atoms with Crippen molar-refractivity contribution in [3.05, 3.63) is 47.5 Å². The van der Waals surface area contributed by atoms with Crippen LogP contribution < -0.4 is 0 Å². The van der Waals surface area contributed by atoms with Gasteiger partial charge in [0.1, 0.15) is 0 Å². The summed E-state index contributed by atoms with van der Waals surface area (Å²) in [6.07, 6.45) is 5.36. The van der Waals surface area contributed by atoms with Crippen LogP contribution in [-0.2, 0) is 6.42 Å². The Morgan fingerprint density at radius 2 is 1.80 bits per heavy atom. The molecule has 2 aliphatic rings. The van der Waals surface area contributed by atoms with Crippen molar-refractivity contribution in [2.24, 2.45) is 4.99 Å². The van der Waals surface area contributed by atoms with Crippen LogP contribution >= 0.6 is 0 Å². The van der Waals surface area contributed by atoms with Crippen LogP contribution in [0, 0.1) is 0 Å². The molecule has 0 spiro atoms. The molecule has 3 rings (SSSR count). The lowest BCUT2D eigenvalue weighted by molar-refractivity contribution is 0.155. The predicted octanol–water partition coefficient (Wildman–Crippen LogP) is 1.84. The molecule has 106 valence electrons. The van der Waals surface area contributed by atoms with E-state index in [1.54, 1.807) is 0 Å². The predicted molar refractivity (Wildman–Crippen MR) is 84.6 cm³/mol. The molecule has 2 aliphatic heterocycles. The molecule has 0 saturated carbocycles. The van der Waals surface area contributed by atoms with Crippen LogP contribution in [-0.4, -0.2) is 61.8 Å². The summed E-state index contributed by atoms with van der Waals surface area (Å²) < 4.78 is 0. The summed E-state index contributed by atoms with van der Waals surface area (Å²) in [5.74, 6) is 0. The van der Waals surface area contributed by atoms with Crippen LogP contribution in [0.1, 0.15) is 11.1 Å². The Labute approximate surface area is 121 Å². The number of benzene rings is 1. The van der Waals surface area contributed by atoms with Gasteiger partial charge >= 0.3 is 0 Å². The summed E-state index contributed by atoms with van der Waals surface area (Å²) >= 11 is 0. The molecule has 20 heavy (non-hydrogen) atoms. The standard InChI is InChI=1S/C17H23N3/c1-19-11-13-20(14-12-19)10-8-15-4-6-16(7-5-15)17-3-2-9-18-17/h2-7H,8-14H2,1H3. The van der Waals surface area contributed by atoms with Crippen molar-refractivity contribution in [2.75, 3.05) is 46.3 Å². The molecular weight excluding hydrogens is 246 g/mol. The Kier molecular flexibility index (Phi) is 4.28. The summed E-state index contributed by atoms with van der Waals surface area (Å²) in [4.78, 5) is 9.43. The lowest BCUT2D eigenvalue weighted by Crippen LogP contribution is -2.45. The maximum atomic E-state index is 4.45. The zero-order valence-electron chi connectivity index (χ0n) is 12.3. The Hall–Kier alpha value is -1.45. The van der Waals surface area contributed by atoms with E-state index in [0.717, 1.165) is 18.7 Å². The Morgan fingerprint density at radius 3 is 2.45 bits per heavy atom. The third kappa shape index (κ3) is 3.35. The summed E-state index contributed by atoms with van der Waals surface area (Å²) in [5, 5.41) is 0. The van der Waals surface area contributed by atoms with E-state index in [4.69, 9.17) is 0 Å². The molecule has 1 saturated heterocycles. The fourth-order valence-electron chi connectivity index (χ4n) is 2.76. The molecule has 0 unspecified atom stereocenters. The minimum Gasteiger partial charge on any atom is -0.304 e. The number of likely N-dealkylation sites (N-methyl/N-ethyl adjacent to an activating group) is 1. The van der Waals surface area contributed by atoms with E-state index >= 15 is 0 Å². The van der Waals surface area contributed by atoms with Gasteiger partial charge in [0, 0.05) is 32.7 Å². The third-order valence-electron chi connectivity index (χ3n) is 4.21. The highest BCUT2D eigenvalue weighted by atomic mass is 15.2. The van der Waals surface area contributed by atoms with Gasteiger partial charge in [0.05, 0.1) is 12.3 Å². The Morgan fingerprint density at radius 1 is 1.05 bits per heavy atom. The molecule has 0 aliphatic carbocycles. The van der Waals surface area contributed by atoms with Crippen molar-refractivity contribution in [3.8, 4) is 0 Å². The highest BCUT2D eigenvalue weighted by molar-refractivity contribution is 6.09. The van der Waals surface area contributed by atoms with Gasteiger partial charge in [-0.3, -0.25) is 4.99 Å². The van der Waals surface area contributed by atoms with Gasteiger partial charge in [0.2, 0.25) is 0 Å². The molecule has 1 aromatic rings. The molecule has 0 N–H and O–H groups in total. The van der Waals surface area contributed by atoms with E-state index in [1.165, 1.54) is 43.9 Å². The van der Waals surface area contributed by atoms with Crippen LogP contribution in [0.5, 0.6) is 0 Å². The minimum absolute atomic E-state index is 0.834. The van der Waals surface area contributed by atoms with E-state index in [1.807, 2.05) is 0 Å². The molecule has 2 heterocycles. The van der Waals surface area contributed by atoms with Crippen molar-refractivity contribution in [1.82, 2.24) is 9.80 Å². The third-order valence-corrected chi connectivity index (χ3v) is 4.21. The molecule has 0 aromatic heterocycles. The second-order valence-electron chi connectivity index (χ2n) is 5.72. The molecule has 0 atom stereocenters. The fourth-order valence-corrected chi connectivity index (χ4v) is 2.76. The number of rotatable bonds is 4. The van der Waals surface area contributed by atoms with Gasteiger partial charge in [-0.2, -0.15) is 0 Å². The molecule has 3 nitrogen and oxygen atoms in total. The van der Waals surface area contributed by atoms with E-state index in [0.29, 0.717) is 0 Å². The van der Waals surface area contributed by atoms with Crippen molar-refractivity contribution in [2.45, 2.75) is 6.42 Å². The summed E-state index contributed by atoms with van der Waals surface area (Å²) in [5.41, 5.74) is 3.79. The van der Waals surface area contributed by atoms with Gasteiger partial charge in [-0.05, 0) is 30.7 Å². The van der Waals surface area contributed by atoms with Crippen LogP contribution in [0.4, 0.5) is 0 Å². The van der Waals surface area contributed by atoms with E-state index in [-0.39, 0.29) is 0 Å². The van der Waals surface area contributed by atoms with Gasteiger partial charge in [-0.1, -0.05) is 30.3 Å². The van der Waals surface area contributed by atoms with Gasteiger partial charge in [0.25, 0.3) is 0 Å². The monoisotopic (exact) mass is 269 g/mol. The first-order valence-electron chi connectivity index (χ1n) is 7.52. The molecule has 0 amide bonds. The van der Waals surface area contributed by atoms with Gasteiger partial charge in [-0.15, -0.1) is 0 Å². The number of allylic oxidation sites excluding steroid dienone is 1. The summed E-state index contributed by atoms with van der Waals surface area (Å²) in [6.45, 7) is 6.82. The molecule has 1 aromatic carbocycles. The second-order valence-corrected chi connectivity index (χ2v) is 5.72. The van der Waals surface area contributed by atoms with Gasteiger partial charge in [0.15, 0.2) is 0 Å². The average molecular weight is 269 g/mol. The highest BCUT2D eigenvalue weighted by Gasteiger charge is 2.13. The van der Waals surface area contributed by atoms with Crippen LogP contribution in [0.3, 0.4) is 0 Å². The molecular formula is C17H23N3. The lowest BCUT2D eigenvalue weighted by atomic mass is 10.1. The van der Waals surface area contributed by atoms with Crippen molar-refractivity contribution >= 4 is 5.71 Å². The van der Waals surface area contributed by atoms with Gasteiger partial charge in [-0.25, -0.2) is 0 Å². The molecule has 1 fully saturated rings. The number of hydrogen-bond donors (Lipinski definition) is 0. The van der Waals surface area contributed by atoms with Crippen LogP contribution in [0.25, 0.3) is 0 Å². The summed E-state index contributed by atoms with van der Waals surface area (Å²) in [7, 11) is 2.20. The smallest absolute Gasteiger partial charge is 0.0647 e. The number of nitrogens with zero attached hydrogens (tertiary/aromatic N) is 3. The number of aliphatic imine (C=N–C) groups is 1. The Balaban J connectivity index is 1.52. The first kappa shape index (κ1) is 13.5. The quantitative estimate of drug-likeness (QED) is 0.830. The molecule has 3 heteroatoms. The zero-order chi connectivity index (χ0) is 13.8. The first-order valence-corrected chi connectivity index (χ1v) is 7.52. The molecule has 0 bridgehead atoms. The lowest BCUT2D eigenvalue weighted by Gasteiger charge is -2.32. The van der Waals surface area contributed by atoms with Gasteiger partial charge < -0.3 is 9.80 Å². The number of hydrogen-bond acceptors (Lipinski definition) is 3. The zero-order valence-corrected chi connectivity index (χ0v) is 12.3. The number of piperazine rings is 1. The Bertz CT molecular complexity index is 493. The topological polar surface area (TPSA) is 18.8 Å². The first-order chi connectivity index (χ1) is 9.81. The van der Waals surface area contributed by atoms with Crippen LogP contribution in [0.15, 0.2) is 41.4 Å². The maximum Gasteiger partial charge on any atom is 0.0647 e. The van der Waals surface area contributed by atoms with E-state index < -0.39 is 0 Å². The minimum atomic E-state index is 0.834. The van der Waals surface area contributed by atoms with E-state index in [2.05, 4.69) is 58.3 Å². The normalized spacial score (nSPS) is 20.4. The second kappa shape index (κ2) is 6.33. The fraction of sp³-hybridized carbons (Fsp3) is 0.471. The largest absolute Gasteiger partial charge is 0.304 e. The van der Waals surface area contributed by atoms with Crippen molar-refractivity contribution < 1.29 is 0 Å². The summed E-state index contributed by atoms with van der Waals surface area (Å²) in [6, 6.07) is 8.90. The highest BCUT2D eigenvalue weighted by Crippen LogP contribution is 2.11. The van der Waals surface area contributed by atoms with Crippen molar-refractivity contribution in [1.29, 1.82) is 0 Å². The average Bonchev–Trinajstić information content (AvgIpc) is 3.01.